The Morgan fingerprint density at radius 2 is 1.59 bits per heavy atom. The van der Waals surface area contributed by atoms with Crippen molar-refractivity contribution in [3.63, 3.8) is 0 Å². The van der Waals surface area contributed by atoms with E-state index in [0.29, 0.717) is 48.4 Å². The maximum atomic E-state index is 13.1. The molecule has 158 valence electrons. The minimum atomic E-state index is -3.56. The molecule has 0 aromatic carbocycles. The van der Waals surface area contributed by atoms with Crippen molar-refractivity contribution in [2.24, 2.45) is 0 Å². The summed E-state index contributed by atoms with van der Waals surface area (Å²) in [4.78, 5) is 14.1. The van der Waals surface area contributed by atoms with Crippen molar-refractivity contribution in [1.29, 1.82) is 0 Å². The molecule has 0 aliphatic carbocycles. The number of H-pyrrole nitrogens is 1. The van der Waals surface area contributed by atoms with E-state index in [1.165, 1.54) is 23.6 Å². The fourth-order valence-corrected chi connectivity index (χ4v) is 5.90. The van der Waals surface area contributed by atoms with E-state index in [2.05, 4.69) is 25.0 Å². The van der Waals surface area contributed by atoms with E-state index in [1.807, 2.05) is 13.0 Å². The summed E-state index contributed by atoms with van der Waals surface area (Å²) in [6, 6.07) is 2.04. The van der Waals surface area contributed by atoms with Crippen LogP contribution in [-0.4, -0.2) is 72.2 Å². The average Bonchev–Trinajstić information content (AvgIpc) is 3.07. The molecule has 0 atom stereocenters. The molecule has 0 spiro atoms. The highest BCUT2D eigenvalue weighted by Crippen LogP contribution is 2.25. The lowest BCUT2D eigenvalue weighted by molar-refractivity contribution is 0.382. The van der Waals surface area contributed by atoms with E-state index < -0.39 is 10.0 Å². The normalized spacial score (nSPS) is 19.0. The molecule has 2 fully saturated rings. The predicted molar refractivity (Wildman–Crippen MR) is 112 cm³/mol. The molecule has 2 aliphatic rings. The van der Waals surface area contributed by atoms with Crippen molar-refractivity contribution in [2.45, 2.75) is 44.9 Å². The van der Waals surface area contributed by atoms with E-state index in [4.69, 9.17) is 4.98 Å². The summed E-state index contributed by atoms with van der Waals surface area (Å²) in [7, 11) is -3.56. The van der Waals surface area contributed by atoms with Gasteiger partial charge in [0, 0.05) is 51.0 Å². The molecule has 0 radical (unpaired) electrons. The summed E-state index contributed by atoms with van der Waals surface area (Å²) < 4.78 is 27.7. The molecule has 2 aromatic heterocycles. The molecule has 4 rings (SSSR count). The zero-order valence-corrected chi connectivity index (χ0v) is 18.2. The number of hydrogen-bond donors (Lipinski definition) is 1. The predicted octanol–water partition coefficient (Wildman–Crippen LogP) is 1.63. The fourth-order valence-electron chi connectivity index (χ4n) is 4.14. The van der Waals surface area contributed by atoms with Gasteiger partial charge in [-0.2, -0.15) is 14.4 Å². The van der Waals surface area contributed by atoms with Gasteiger partial charge < -0.3 is 9.80 Å². The van der Waals surface area contributed by atoms with Crippen molar-refractivity contribution >= 4 is 21.8 Å². The van der Waals surface area contributed by atoms with Crippen molar-refractivity contribution in [2.75, 3.05) is 49.1 Å². The molecule has 0 saturated carbocycles. The SMILES string of the molecule is Cc1cc(N2CCCCC2)nc(N2CCN(S(=O)(=O)c3c(C)n[nH]c3C)CC2)n1. The van der Waals surface area contributed by atoms with Crippen LogP contribution in [0.3, 0.4) is 0 Å². The van der Waals surface area contributed by atoms with Crippen molar-refractivity contribution in [1.82, 2.24) is 24.5 Å². The number of hydrogen-bond acceptors (Lipinski definition) is 7. The first-order chi connectivity index (χ1) is 13.9. The lowest BCUT2D eigenvalue weighted by Crippen LogP contribution is -2.49. The molecule has 4 heterocycles. The second-order valence-electron chi connectivity index (χ2n) is 7.87. The van der Waals surface area contributed by atoms with Gasteiger partial charge in [0.05, 0.1) is 11.4 Å². The Morgan fingerprint density at radius 3 is 2.21 bits per heavy atom. The Bertz CT molecular complexity index is 955. The molecule has 2 aliphatic heterocycles. The molecule has 0 unspecified atom stereocenters. The van der Waals surface area contributed by atoms with Gasteiger partial charge in [0.2, 0.25) is 16.0 Å². The average molecular weight is 420 g/mol. The molecule has 10 heteroatoms. The van der Waals surface area contributed by atoms with Crippen molar-refractivity contribution < 1.29 is 8.42 Å². The van der Waals surface area contributed by atoms with Crippen LogP contribution in [0.5, 0.6) is 0 Å². The van der Waals surface area contributed by atoms with E-state index in [1.54, 1.807) is 13.8 Å². The molecule has 29 heavy (non-hydrogen) atoms. The first-order valence-electron chi connectivity index (χ1n) is 10.2. The Labute approximate surface area is 172 Å². The lowest BCUT2D eigenvalue weighted by Gasteiger charge is -2.35. The van der Waals surface area contributed by atoms with Gasteiger partial charge in [-0.15, -0.1) is 0 Å². The monoisotopic (exact) mass is 419 g/mol. The van der Waals surface area contributed by atoms with Gasteiger partial charge in [-0.3, -0.25) is 5.10 Å². The van der Waals surface area contributed by atoms with Gasteiger partial charge in [0.1, 0.15) is 10.7 Å². The lowest BCUT2D eigenvalue weighted by atomic mass is 10.1. The van der Waals surface area contributed by atoms with Crippen LogP contribution in [-0.2, 0) is 10.0 Å². The smallest absolute Gasteiger partial charge is 0.246 e. The molecular weight excluding hydrogens is 390 g/mol. The van der Waals surface area contributed by atoms with Crippen LogP contribution in [0.2, 0.25) is 0 Å². The van der Waals surface area contributed by atoms with E-state index in [0.717, 1.165) is 24.6 Å². The highest BCUT2D eigenvalue weighted by Gasteiger charge is 2.33. The molecule has 1 N–H and O–H groups in total. The van der Waals surface area contributed by atoms with Crippen LogP contribution >= 0.6 is 0 Å². The van der Waals surface area contributed by atoms with Gasteiger partial charge in [-0.05, 0) is 40.0 Å². The number of anilines is 2. The number of aryl methyl sites for hydroxylation is 3. The number of rotatable bonds is 4. The quantitative estimate of drug-likeness (QED) is 0.804. The summed E-state index contributed by atoms with van der Waals surface area (Å²) in [6.07, 6.45) is 3.67. The van der Waals surface area contributed by atoms with Gasteiger partial charge in [-0.1, -0.05) is 0 Å². The highest BCUT2D eigenvalue weighted by atomic mass is 32.2. The Kier molecular flexibility index (Phi) is 5.48. The zero-order chi connectivity index (χ0) is 20.6. The number of nitrogens with zero attached hydrogens (tertiary/aromatic N) is 6. The molecule has 2 aromatic rings. The summed E-state index contributed by atoms with van der Waals surface area (Å²) >= 11 is 0. The van der Waals surface area contributed by atoms with Gasteiger partial charge >= 0.3 is 0 Å². The van der Waals surface area contributed by atoms with E-state index >= 15 is 0 Å². The molecule has 2 saturated heterocycles. The van der Waals surface area contributed by atoms with Crippen LogP contribution in [0.4, 0.5) is 11.8 Å². The Morgan fingerprint density at radius 1 is 0.897 bits per heavy atom. The molecule has 0 amide bonds. The minimum absolute atomic E-state index is 0.296. The van der Waals surface area contributed by atoms with Gasteiger partial charge in [0.25, 0.3) is 0 Å². The van der Waals surface area contributed by atoms with Gasteiger partial charge in [0.15, 0.2) is 0 Å². The number of piperazine rings is 1. The van der Waals surface area contributed by atoms with Crippen molar-refractivity contribution in [3.8, 4) is 0 Å². The first-order valence-corrected chi connectivity index (χ1v) is 11.7. The standard InChI is InChI=1S/C19H29N7O2S/c1-14-13-17(24-7-5-4-6-8-24)21-19(20-14)25-9-11-26(12-10-25)29(27,28)18-15(2)22-23-16(18)3/h13H,4-12H2,1-3H3,(H,22,23). The zero-order valence-electron chi connectivity index (χ0n) is 17.3. The third-order valence-electron chi connectivity index (χ3n) is 5.69. The third-order valence-corrected chi connectivity index (χ3v) is 7.85. The third kappa shape index (κ3) is 3.95. The van der Waals surface area contributed by atoms with Crippen LogP contribution in [0.1, 0.15) is 36.3 Å². The second-order valence-corrected chi connectivity index (χ2v) is 9.74. The molecule has 9 nitrogen and oxygen atoms in total. The first kappa shape index (κ1) is 20.1. The van der Waals surface area contributed by atoms with Crippen LogP contribution in [0.25, 0.3) is 0 Å². The van der Waals surface area contributed by atoms with E-state index in [-0.39, 0.29) is 0 Å². The topological polar surface area (TPSA) is 98.3 Å². The summed E-state index contributed by atoms with van der Waals surface area (Å²) in [5, 5.41) is 6.81. The summed E-state index contributed by atoms with van der Waals surface area (Å²) in [5.41, 5.74) is 2.03. The summed E-state index contributed by atoms with van der Waals surface area (Å²) in [6.45, 7) is 9.46. The highest BCUT2D eigenvalue weighted by molar-refractivity contribution is 7.89. The van der Waals surface area contributed by atoms with Crippen LogP contribution in [0.15, 0.2) is 11.0 Å². The largest absolute Gasteiger partial charge is 0.356 e. The van der Waals surface area contributed by atoms with Crippen LogP contribution < -0.4 is 9.80 Å². The molecular formula is C19H29N7O2S. The number of piperidine rings is 1. The maximum Gasteiger partial charge on any atom is 0.246 e. The number of sulfonamides is 1. The van der Waals surface area contributed by atoms with Crippen molar-refractivity contribution in [3.05, 3.63) is 23.1 Å². The summed E-state index contributed by atoms with van der Waals surface area (Å²) in [5.74, 6) is 1.67. The van der Waals surface area contributed by atoms with Gasteiger partial charge in [-0.25, -0.2) is 13.4 Å². The van der Waals surface area contributed by atoms with E-state index in [9.17, 15) is 8.42 Å². The second kappa shape index (κ2) is 7.91. The number of nitrogens with one attached hydrogen (secondary N) is 1. The number of aromatic nitrogens is 4. The number of aromatic amines is 1. The van der Waals surface area contributed by atoms with Crippen LogP contribution in [0, 0.1) is 20.8 Å². The minimum Gasteiger partial charge on any atom is -0.356 e. The molecule has 0 bridgehead atoms. The Balaban J connectivity index is 1.49. The maximum absolute atomic E-state index is 13.1. The fraction of sp³-hybridized carbons (Fsp3) is 0.632. The Hall–Kier alpha value is -2.20.